The number of nitrogens with two attached hydrogens (primary N) is 1. The van der Waals surface area contributed by atoms with Gasteiger partial charge in [-0.15, -0.1) is 0 Å². The number of carbonyl (C=O) groups excluding carboxylic acids is 2. The van der Waals surface area contributed by atoms with Gasteiger partial charge >= 0.3 is 0 Å². The molecular formula is C11H21N3O2. The average Bonchev–Trinajstić information content (AvgIpc) is 2.59. The molecule has 0 saturated carbocycles. The summed E-state index contributed by atoms with van der Waals surface area (Å²) in [6.07, 6.45) is 0. The molecule has 0 radical (unpaired) electrons. The molecule has 0 aromatic rings. The zero-order chi connectivity index (χ0) is 12.3. The molecule has 5 heteroatoms. The summed E-state index contributed by atoms with van der Waals surface area (Å²) in [5.41, 5.74) is 5.15. The Morgan fingerprint density at radius 1 is 1.44 bits per heavy atom. The number of nitrogens with one attached hydrogen (secondary N) is 1. The molecule has 2 amide bonds. The van der Waals surface area contributed by atoms with Crippen LogP contribution in [0, 0.1) is 11.8 Å². The minimum Gasteiger partial charge on any atom is -0.368 e. The summed E-state index contributed by atoms with van der Waals surface area (Å²) in [7, 11) is 0. The fraction of sp³-hybridized carbons (Fsp3) is 0.818. The first-order valence-electron chi connectivity index (χ1n) is 5.73. The maximum Gasteiger partial charge on any atom is 0.237 e. The van der Waals surface area contributed by atoms with Gasteiger partial charge in [0.05, 0.1) is 12.5 Å². The molecule has 0 unspecified atom stereocenters. The van der Waals surface area contributed by atoms with E-state index in [0.717, 1.165) is 6.54 Å². The maximum atomic E-state index is 12.2. The van der Waals surface area contributed by atoms with E-state index < -0.39 is 5.91 Å². The van der Waals surface area contributed by atoms with Crippen molar-refractivity contribution in [1.29, 1.82) is 0 Å². The van der Waals surface area contributed by atoms with Gasteiger partial charge in [-0.25, -0.2) is 0 Å². The number of primary amides is 1. The van der Waals surface area contributed by atoms with Gasteiger partial charge in [0, 0.05) is 12.6 Å². The second kappa shape index (κ2) is 5.30. The maximum absolute atomic E-state index is 12.2. The molecule has 1 heterocycles. The molecule has 1 rings (SSSR count). The van der Waals surface area contributed by atoms with Crippen molar-refractivity contribution >= 4 is 11.8 Å². The molecule has 92 valence electrons. The van der Waals surface area contributed by atoms with Crippen LogP contribution < -0.4 is 11.1 Å². The predicted molar refractivity (Wildman–Crippen MR) is 61.6 cm³/mol. The van der Waals surface area contributed by atoms with Crippen LogP contribution >= 0.6 is 0 Å². The minimum atomic E-state index is -0.458. The van der Waals surface area contributed by atoms with Gasteiger partial charge in [0.15, 0.2) is 0 Å². The summed E-state index contributed by atoms with van der Waals surface area (Å²) < 4.78 is 0. The molecular weight excluding hydrogens is 206 g/mol. The predicted octanol–water partition coefficient (Wildman–Crippen LogP) is -0.436. The third-order valence-electron chi connectivity index (χ3n) is 3.07. The Labute approximate surface area is 96.4 Å². The normalized spacial score (nSPS) is 24.8. The number of carbonyl (C=O) groups is 2. The Hall–Kier alpha value is -1.10. The van der Waals surface area contributed by atoms with E-state index in [1.54, 1.807) is 4.90 Å². The van der Waals surface area contributed by atoms with Crippen molar-refractivity contribution in [2.75, 3.05) is 19.6 Å². The summed E-state index contributed by atoms with van der Waals surface area (Å²) in [5.74, 6) is -0.129. The summed E-state index contributed by atoms with van der Waals surface area (Å²) in [4.78, 5) is 24.7. The van der Waals surface area contributed by atoms with Crippen LogP contribution in [0.4, 0.5) is 0 Å². The summed E-state index contributed by atoms with van der Waals surface area (Å²) in [6.45, 7) is 7.41. The van der Waals surface area contributed by atoms with Crippen LogP contribution in [0.15, 0.2) is 0 Å². The van der Waals surface area contributed by atoms with Crippen molar-refractivity contribution in [1.82, 2.24) is 10.2 Å². The zero-order valence-electron chi connectivity index (χ0n) is 10.2. The van der Waals surface area contributed by atoms with Crippen LogP contribution in [0.1, 0.15) is 20.8 Å². The molecule has 1 saturated heterocycles. The standard InChI is InChI=1S/C11H21N3O2/c1-7(2)14(6-10(12)15)11(16)9-5-13-4-8(9)3/h7-9,13H,4-6H2,1-3H3,(H2,12,15)/t8-,9-/m1/s1. The van der Waals surface area contributed by atoms with Gasteiger partial charge in [-0.1, -0.05) is 6.92 Å². The monoisotopic (exact) mass is 227 g/mol. The van der Waals surface area contributed by atoms with Gasteiger partial charge in [0.1, 0.15) is 0 Å². The molecule has 0 aromatic carbocycles. The highest BCUT2D eigenvalue weighted by Gasteiger charge is 2.34. The van der Waals surface area contributed by atoms with Crippen molar-refractivity contribution in [2.24, 2.45) is 17.6 Å². The van der Waals surface area contributed by atoms with Gasteiger partial charge in [0.2, 0.25) is 11.8 Å². The third-order valence-corrected chi connectivity index (χ3v) is 3.07. The van der Waals surface area contributed by atoms with E-state index in [-0.39, 0.29) is 24.4 Å². The SMILES string of the molecule is CC(C)N(CC(N)=O)C(=O)[C@@H]1CNC[C@H]1C. The lowest BCUT2D eigenvalue weighted by atomic mass is 9.96. The van der Waals surface area contributed by atoms with E-state index in [4.69, 9.17) is 5.73 Å². The second-order valence-corrected chi connectivity index (χ2v) is 4.77. The van der Waals surface area contributed by atoms with Crippen molar-refractivity contribution in [2.45, 2.75) is 26.8 Å². The van der Waals surface area contributed by atoms with Crippen LogP contribution in [0.2, 0.25) is 0 Å². The van der Waals surface area contributed by atoms with Crippen LogP contribution in [-0.4, -0.2) is 42.4 Å². The van der Waals surface area contributed by atoms with Crippen molar-refractivity contribution in [3.05, 3.63) is 0 Å². The van der Waals surface area contributed by atoms with E-state index in [9.17, 15) is 9.59 Å². The number of rotatable bonds is 4. The lowest BCUT2D eigenvalue weighted by molar-refractivity contribution is -0.140. The average molecular weight is 227 g/mol. The molecule has 0 bridgehead atoms. The lowest BCUT2D eigenvalue weighted by Gasteiger charge is -2.29. The molecule has 1 aliphatic heterocycles. The highest BCUT2D eigenvalue weighted by atomic mass is 16.2. The van der Waals surface area contributed by atoms with E-state index in [1.165, 1.54) is 0 Å². The number of hydrogen-bond acceptors (Lipinski definition) is 3. The summed E-state index contributed by atoms with van der Waals surface area (Å²) in [6, 6.07) is 0.00722. The van der Waals surface area contributed by atoms with E-state index in [1.807, 2.05) is 20.8 Å². The van der Waals surface area contributed by atoms with Crippen molar-refractivity contribution in [3.8, 4) is 0 Å². The molecule has 3 N–H and O–H groups in total. The van der Waals surface area contributed by atoms with Gasteiger partial charge in [-0.2, -0.15) is 0 Å². The zero-order valence-corrected chi connectivity index (χ0v) is 10.2. The number of amides is 2. The highest BCUT2D eigenvalue weighted by molar-refractivity contribution is 5.85. The fourth-order valence-corrected chi connectivity index (χ4v) is 2.04. The molecule has 0 aromatic heterocycles. The van der Waals surface area contributed by atoms with E-state index >= 15 is 0 Å². The smallest absolute Gasteiger partial charge is 0.237 e. The molecule has 0 aliphatic carbocycles. The lowest BCUT2D eigenvalue weighted by Crippen LogP contribution is -2.46. The van der Waals surface area contributed by atoms with Gasteiger partial charge in [-0.3, -0.25) is 9.59 Å². The molecule has 0 spiro atoms. The van der Waals surface area contributed by atoms with Crippen molar-refractivity contribution in [3.63, 3.8) is 0 Å². The first-order valence-corrected chi connectivity index (χ1v) is 5.73. The Balaban J connectivity index is 2.70. The highest BCUT2D eigenvalue weighted by Crippen LogP contribution is 2.19. The molecule has 1 aliphatic rings. The topological polar surface area (TPSA) is 75.4 Å². The van der Waals surface area contributed by atoms with Crippen molar-refractivity contribution < 1.29 is 9.59 Å². The fourth-order valence-electron chi connectivity index (χ4n) is 2.04. The number of hydrogen-bond donors (Lipinski definition) is 2. The van der Waals surface area contributed by atoms with Crippen LogP contribution in [-0.2, 0) is 9.59 Å². The summed E-state index contributed by atoms with van der Waals surface area (Å²) in [5, 5.41) is 3.19. The first-order chi connectivity index (χ1) is 7.43. The van der Waals surface area contributed by atoms with Gasteiger partial charge in [0.25, 0.3) is 0 Å². The largest absolute Gasteiger partial charge is 0.368 e. The molecule has 5 nitrogen and oxygen atoms in total. The van der Waals surface area contributed by atoms with Crippen LogP contribution in [0.3, 0.4) is 0 Å². The second-order valence-electron chi connectivity index (χ2n) is 4.77. The van der Waals surface area contributed by atoms with E-state index in [0.29, 0.717) is 12.5 Å². The van der Waals surface area contributed by atoms with E-state index in [2.05, 4.69) is 5.32 Å². The van der Waals surface area contributed by atoms with Gasteiger partial charge < -0.3 is 16.0 Å². The Morgan fingerprint density at radius 2 is 2.06 bits per heavy atom. The first kappa shape index (κ1) is 13.0. The summed E-state index contributed by atoms with van der Waals surface area (Å²) >= 11 is 0. The third kappa shape index (κ3) is 2.95. The Bertz CT molecular complexity index is 278. The van der Waals surface area contributed by atoms with Crippen LogP contribution in [0.5, 0.6) is 0 Å². The molecule has 1 fully saturated rings. The Kier molecular flexibility index (Phi) is 4.29. The Morgan fingerprint density at radius 3 is 2.44 bits per heavy atom. The number of nitrogens with zero attached hydrogens (tertiary/aromatic N) is 1. The minimum absolute atomic E-state index is 0.00722. The molecule has 2 atom stereocenters. The van der Waals surface area contributed by atoms with Crippen LogP contribution in [0.25, 0.3) is 0 Å². The quantitative estimate of drug-likeness (QED) is 0.684. The van der Waals surface area contributed by atoms with Gasteiger partial charge in [-0.05, 0) is 26.3 Å². The molecule has 16 heavy (non-hydrogen) atoms.